The van der Waals surface area contributed by atoms with Crippen molar-refractivity contribution in [1.29, 1.82) is 0 Å². The van der Waals surface area contributed by atoms with Gasteiger partial charge < -0.3 is 9.64 Å². The summed E-state index contributed by atoms with van der Waals surface area (Å²) in [4.78, 5) is 19.6. The lowest BCUT2D eigenvalue weighted by atomic mass is 10.1. The molecule has 1 fully saturated rings. The molecule has 1 aliphatic rings. The molecule has 0 spiro atoms. The number of morpholine rings is 1. The first-order chi connectivity index (χ1) is 13.1. The van der Waals surface area contributed by atoms with Crippen LogP contribution in [0, 0.1) is 12.7 Å². The summed E-state index contributed by atoms with van der Waals surface area (Å²) in [6, 6.07) is 11.1. The number of carbonyl (C=O) groups is 1. The molecule has 3 heterocycles. The second-order valence-electron chi connectivity index (χ2n) is 6.41. The van der Waals surface area contributed by atoms with Crippen molar-refractivity contribution in [3.05, 3.63) is 71.4 Å². The van der Waals surface area contributed by atoms with Gasteiger partial charge in [-0.1, -0.05) is 0 Å². The van der Waals surface area contributed by atoms with Gasteiger partial charge in [-0.3, -0.25) is 4.79 Å². The summed E-state index contributed by atoms with van der Waals surface area (Å²) in [6.07, 6.45) is 1.81. The zero-order valence-corrected chi connectivity index (χ0v) is 14.9. The average molecular weight is 366 g/mol. The molecular weight excluding hydrogens is 347 g/mol. The van der Waals surface area contributed by atoms with Crippen LogP contribution in [0.2, 0.25) is 0 Å². The number of ether oxygens (including phenoxy) is 1. The molecule has 2 aromatic heterocycles. The molecule has 0 radical (unpaired) electrons. The first kappa shape index (κ1) is 17.4. The van der Waals surface area contributed by atoms with Gasteiger partial charge in [0.1, 0.15) is 11.5 Å². The second-order valence-corrected chi connectivity index (χ2v) is 6.41. The Hall–Kier alpha value is -3.06. The lowest BCUT2D eigenvalue weighted by molar-refractivity contribution is 0.103. The first-order valence-electron chi connectivity index (χ1n) is 8.78. The van der Waals surface area contributed by atoms with Crippen molar-refractivity contribution in [3.63, 3.8) is 0 Å². The Labute approximate surface area is 156 Å². The molecule has 0 amide bonds. The summed E-state index contributed by atoms with van der Waals surface area (Å²) in [6.45, 7) is 4.66. The molecule has 7 heteroatoms. The molecule has 138 valence electrons. The summed E-state index contributed by atoms with van der Waals surface area (Å²) in [5.74, 6) is -0.0675. The maximum atomic E-state index is 13.2. The summed E-state index contributed by atoms with van der Waals surface area (Å²) in [5, 5.41) is 4.40. The van der Waals surface area contributed by atoms with Gasteiger partial charge in [0, 0.05) is 36.6 Å². The molecule has 1 aromatic carbocycles. The van der Waals surface area contributed by atoms with Gasteiger partial charge in [0.05, 0.1) is 18.9 Å². The van der Waals surface area contributed by atoms with Crippen LogP contribution in [0.15, 0.2) is 48.7 Å². The van der Waals surface area contributed by atoms with E-state index in [0.717, 1.165) is 24.5 Å². The SMILES string of the molecule is Cc1ccn(-c2cc(N3CCOCC3)cc(C(=O)c3ccc(F)cc3)n2)n1. The van der Waals surface area contributed by atoms with Crippen molar-refractivity contribution >= 4 is 11.5 Å². The number of anilines is 1. The second kappa shape index (κ2) is 7.28. The van der Waals surface area contributed by atoms with E-state index in [9.17, 15) is 9.18 Å². The minimum atomic E-state index is -0.380. The summed E-state index contributed by atoms with van der Waals surface area (Å²) in [5.41, 5.74) is 2.45. The third-order valence-electron chi connectivity index (χ3n) is 4.47. The molecule has 0 saturated carbocycles. The van der Waals surface area contributed by atoms with Gasteiger partial charge in [-0.15, -0.1) is 0 Å². The number of rotatable bonds is 4. The molecule has 0 atom stereocenters. The van der Waals surface area contributed by atoms with Crippen LogP contribution < -0.4 is 4.90 Å². The van der Waals surface area contributed by atoms with Crippen LogP contribution in [0.5, 0.6) is 0 Å². The zero-order valence-electron chi connectivity index (χ0n) is 14.9. The van der Waals surface area contributed by atoms with Crippen molar-refractivity contribution in [2.75, 3.05) is 31.2 Å². The molecular formula is C20H19FN4O2. The molecule has 1 aliphatic heterocycles. The van der Waals surface area contributed by atoms with Crippen molar-refractivity contribution in [1.82, 2.24) is 14.8 Å². The third-order valence-corrected chi connectivity index (χ3v) is 4.47. The highest BCUT2D eigenvalue weighted by Crippen LogP contribution is 2.22. The quantitative estimate of drug-likeness (QED) is 0.665. The van der Waals surface area contributed by atoms with E-state index in [1.807, 2.05) is 25.3 Å². The lowest BCUT2D eigenvalue weighted by Crippen LogP contribution is -2.36. The predicted octanol–water partition coefficient (Wildman–Crippen LogP) is 2.78. The summed E-state index contributed by atoms with van der Waals surface area (Å²) in [7, 11) is 0. The topological polar surface area (TPSA) is 60.2 Å². The van der Waals surface area contributed by atoms with Crippen LogP contribution in [0.4, 0.5) is 10.1 Å². The number of carbonyl (C=O) groups excluding carboxylic acids is 1. The highest BCUT2D eigenvalue weighted by atomic mass is 19.1. The summed E-state index contributed by atoms with van der Waals surface area (Å²) < 4.78 is 20.3. The number of nitrogens with zero attached hydrogens (tertiary/aromatic N) is 4. The highest BCUT2D eigenvalue weighted by Gasteiger charge is 2.18. The zero-order chi connectivity index (χ0) is 18.8. The van der Waals surface area contributed by atoms with E-state index in [4.69, 9.17) is 4.74 Å². The molecule has 6 nitrogen and oxygen atoms in total. The molecule has 3 aromatic rings. The standard InChI is InChI=1S/C20H19FN4O2/c1-14-6-7-25(23-14)19-13-17(24-8-10-27-11-9-24)12-18(22-19)20(26)15-2-4-16(21)5-3-15/h2-7,12-13H,8-11H2,1H3. The molecule has 4 rings (SSSR count). The van der Waals surface area contributed by atoms with Crippen LogP contribution in [0.3, 0.4) is 0 Å². The third kappa shape index (κ3) is 3.73. The number of aryl methyl sites for hydroxylation is 1. The average Bonchev–Trinajstić information content (AvgIpc) is 3.15. The number of pyridine rings is 1. The van der Waals surface area contributed by atoms with Gasteiger partial charge in [0.2, 0.25) is 5.78 Å². The van der Waals surface area contributed by atoms with Crippen molar-refractivity contribution < 1.29 is 13.9 Å². The number of hydrogen-bond acceptors (Lipinski definition) is 5. The number of benzene rings is 1. The number of hydrogen-bond donors (Lipinski definition) is 0. The molecule has 0 unspecified atom stereocenters. The van der Waals surface area contributed by atoms with Gasteiger partial charge in [0.15, 0.2) is 5.82 Å². The van der Waals surface area contributed by atoms with Crippen LogP contribution >= 0.6 is 0 Å². The Balaban J connectivity index is 1.77. The van der Waals surface area contributed by atoms with E-state index < -0.39 is 0 Å². The van der Waals surface area contributed by atoms with Crippen LogP contribution in [0.1, 0.15) is 21.7 Å². The fraction of sp³-hybridized carbons (Fsp3) is 0.250. The minimum Gasteiger partial charge on any atom is -0.378 e. The molecule has 0 bridgehead atoms. The molecule has 27 heavy (non-hydrogen) atoms. The Bertz CT molecular complexity index is 962. The summed E-state index contributed by atoms with van der Waals surface area (Å²) >= 11 is 0. The molecule has 0 N–H and O–H groups in total. The van der Waals surface area contributed by atoms with Crippen molar-refractivity contribution in [2.45, 2.75) is 6.92 Å². The van der Waals surface area contributed by atoms with Gasteiger partial charge in [-0.2, -0.15) is 5.10 Å². The van der Waals surface area contributed by atoms with E-state index in [1.165, 1.54) is 24.3 Å². The Morgan fingerprint density at radius 1 is 1.11 bits per heavy atom. The van der Waals surface area contributed by atoms with E-state index in [1.54, 1.807) is 10.7 Å². The maximum Gasteiger partial charge on any atom is 0.211 e. The molecule has 0 aliphatic carbocycles. The van der Waals surface area contributed by atoms with Gasteiger partial charge >= 0.3 is 0 Å². The van der Waals surface area contributed by atoms with Gasteiger partial charge in [0.25, 0.3) is 0 Å². The number of ketones is 1. The Kier molecular flexibility index (Phi) is 4.68. The minimum absolute atomic E-state index is 0.254. The normalized spacial score (nSPS) is 14.4. The smallest absolute Gasteiger partial charge is 0.211 e. The largest absolute Gasteiger partial charge is 0.378 e. The number of halogens is 1. The van der Waals surface area contributed by atoms with Crippen molar-refractivity contribution in [3.8, 4) is 5.82 Å². The van der Waals surface area contributed by atoms with Gasteiger partial charge in [-0.05, 0) is 43.3 Å². The fourth-order valence-electron chi connectivity index (χ4n) is 3.03. The highest BCUT2D eigenvalue weighted by molar-refractivity contribution is 6.08. The van der Waals surface area contributed by atoms with Crippen LogP contribution in [-0.2, 0) is 4.74 Å². The maximum absolute atomic E-state index is 13.2. The van der Waals surface area contributed by atoms with Crippen molar-refractivity contribution in [2.24, 2.45) is 0 Å². The molecule has 1 saturated heterocycles. The van der Waals surface area contributed by atoms with Crippen LogP contribution in [-0.4, -0.2) is 46.9 Å². The fourth-order valence-corrected chi connectivity index (χ4v) is 3.03. The van der Waals surface area contributed by atoms with E-state index >= 15 is 0 Å². The Morgan fingerprint density at radius 3 is 2.52 bits per heavy atom. The monoisotopic (exact) mass is 366 g/mol. The van der Waals surface area contributed by atoms with E-state index in [0.29, 0.717) is 30.3 Å². The van der Waals surface area contributed by atoms with E-state index in [-0.39, 0.29) is 11.6 Å². The lowest BCUT2D eigenvalue weighted by Gasteiger charge is -2.29. The Morgan fingerprint density at radius 2 is 1.85 bits per heavy atom. The first-order valence-corrected chi connectivity index (χ1v) is 8.78. The van der Waals surface area contributed by atoms with E-state index in [2.05, 4.69) is 15.0 Å². The predicted molar refractivity (Wildman–Crippen MR) is 99.0 cm³/mol. The number of aromatic nitrogens is 3. The van der Waals surface area contributed by atoms with Crippen LogP contribution in [0.25, 0.3) is 5.82 Å². The van der Waals surface area contributed by atoms with Gasteiger partial charge in [-0.25, -0.2) is 14.1 Å².